The maximum Gasteiger partial charge on any atom is 0.262 e. The molecule has 0 aliphatic rings. The molecule has 8 heteroatoms. The number of benzene rings is 2. The van der Waals surface area contributed by atoms with Crippen LogP contribution in [-0.4, -0.2) is 37.4 Å². The van der Waals surface area contributed by atoms with Crippen LogP contribution >= 0.6 is 11.8 Å². The molecule has 0 aliphatic heterocycles. The second-order valence-electron chi connectivity index (χ2n) is 8.27. The average Bonchev–Trinajstić information content (AvgIpc) is 3.21. The maximum absolute atomic E-state index is 13.2. The summed E-state index contributed by atoms with van der Waals surface area (Å²) in [6.07, 6.45) is 0.861. The van der Waals surface area contributed by atoms with Crippen molar-refractivity contribution in [1.82, 2.24) is 19.2 Å². The Morgan fingerprint density at radius 1 is 1.03 bits per heavy atom. The molecular weight excluding hydrogens is 422 g/mol. The molecule has 0 saturated heterocycles. The highest BCUT2D eigenvalue weighted by Gasteiger charge is 2.24. The molecule has 0 N–H and O–H groups in total. The van der Waals surface area contributed by atoms with Gasteiger partial charge < -0.3 is 4.90 Å². The van der Waals surface area contributed by atoms with E-state index in [0.29, 0.717) is 28.8 Å². The van der Waals surface area contributed by atoms with Crippen molar-refractivity contribution >= 4 is 40.0 Å². The molecule has 2 aromatic heterocycles. The van der Waals surface area contributed by atoms with Crippen molar-refractivity contribution in [2.75, 3.05) is 11.9 Å². The highest BCUT2D eigenvalue weighted by Crippen LogP contribution is 2.27. The van der Waals surface area contributed by atoms with E-state index >= 15 is 0 Å². The summed E-state index contributed by atoms with van der Waals surface area (Å²) in [7, 11) is 1.77. The molecule has 0 saturated carbocycles. The summed E-state index contributed by atoms with van der Waals surface area (Å²) in [5.74, 6) is 0.930. The summed E-state index contributed by atoms with van der Waals surface area (Å²) in [6, 6.07) is 17.0. The van der Waals surface area contributed by atoms with E-state index in [2.05, 4.69) is 24.0 Å². The van der Waals surface area contributed by atoms with Crippen molar-refractivity contribution < 1.29 is 4.79 Å². The van der Waals surface area contributed by atoms with Gasteiger partial charge in [0.25, 0.3) is 5.56 Å². The van der Waals surface area contributed by atoms with Crippen LogP contribution in [0.2, 0.25) is 0 Å². The Morgan fingerprint density at radius 3 is 2.44 bits per heavy atom. The molecule has 0 radical (unpaired) electrons. The number of aromatic nitrogens is 4. The minimum Gasteiger partial charge on any atom is -0.315 e. The van der Waals surface area contributed by atoms with E-state index in [1.54, 1.807) is 16.5 Å². The van der Waals surface area contributed by atoms with E-state index in [0.717, 1.165) is 17.6 Å². The lowest BCUT2D eigenvalue weighted by atomic mass is 10.1. The number of hydrogen-bond donors (Lipinski definition) is 0. The van der Waals surface area contributed by atoms with Crippen molar-refractivity contribution in [3.63, 3.8) is 0 Å². The lowest BCUT2D eigenvalue weighted by Gasteiger charge is -2.21. The van der Waals surface area contributed by atoms with E-state index in [9.17, 15) is 9.59 Å². The first-order chi connectivity index (χ1) is 15.4. The predicted octanol–water partition coefficient (Wildman–Crippen LogP) is 4.23. The Balaban J connectivity index is 1.74. The molecule has 0 bridgehead atoms. The fourth-order valence-electron chi connectivity index (χ4n) is 3.66. The Hall–Kier alpha value is -3.13. The molecule has 166 valence electrons. The summed E-state index contributed by atoms with van der Waals surface area (Å²) < 4.78 is 3.59. The first-order valence-corrected chi connectivity index (χ1v) is 11.6. The van der Waals surface area contributed by atoms with Gasteiger partial charge in [0, 0.05) is 19.3 Å². The normalized spacial score (nSPS) is 12.5. The van der Waals surface area contributed by atoms with Crippen molar-refractivity contribution in [1.29, 1.82) is 0 Å². The Labute approximate surface area is 191 Å². The highest BCUT2D eigenvalue weighted by molar-refractivity contribution is 8.00. The predicted molar refractivity (Wildman–Crippen MR) is 129 cm³/mol. The van der Waals surface area contributed by atoms with E-state index < -0.39 is 0 Å². The van der Waals surface area contributed by atoms with Crippen LogP contribution in [-0.2, 0) is 11.3 Å². The van der Waals surface area contributed by atoms with Crippen LogP contribution in [0.5, 0.6) is 0 Å². The number of anilines is 1. The monoisotopic (exact) mass is 449 g/mol. The van der Waals surface area contributed by atoms with Crippen LogP contribution < -0.4 is 10.5 Å². The van der Waals surface area contributed by atoms with Gasteiger partial charge in [-0.25, -0.2) is 0 Å². The van der Waals surface area contributed by atoms with Gasteiger partial charge in [0.2, 0.25) is 11.7 Å². The summed E-state index contributed by atoms with van der Waals surface area (Å²) in [5.41, 5.74) is 1.52. The number of hydrogen-bond acceptors (Lipinski definition) is 5. The van der Waals surface area contributed by atoms with Crippen molar-refractivity contribution in [3.05, 3.63) is 65.0 Å². The number of rotatable bonds is 7. The molecule has 4 aromatic rings. The summed E-state index contributed by atoms with van der Waals surface area (Å²) in [5, 5.41) is 9.55. The minimum atomic E-state index is -0.387. The van der Waals surface area contributed by atoms with E-state index in [1.807, 2.05) is 65.9 Å². The largest absolute Gasteiger partial charge is 0.315 e. The van der Waals surface area contributed by atoms with Crippen LogP contribution in [0.15, 0.2) is 64.5 Å². The fraction of sp³-hybridized carbons (Fsp3) is 0.333. The third-order valence-corrected chi connectivity index (χ3v) is 6.54. The number of carbonyl (C=O) groups excluding carboxylic acids is 1. The zero-order valence-corrected chi connectivity index (χ0v) is 19.5. The van der Waals surface area contributed by atoms with Crippen LogP contribution in [0.25, 0.3) is 16.7 Å². The van der Waals surface area contributed by atoms with Crippen molar-refractivity contribution in [2.24, 2.45) is 5.92 Å². The summed E-state index contributed by atoms with van der Waals surface area (Å²) in [6.45, 7) is 6.69. The fourth-order valence-corrected chi connectivity index (χ4v) is 4.61. The Bertz CT molecular complexity index is 1310. The molecule has 2 heterocycles. The molecular formula is C24H27N5O2S. The summed E-state index contributed by atoms with van der Waals surface area (Å²) >= 11 is 1.35. The quantitative estimate of drug-likeness (QED) is 0.395. The van der Waals surface area contributed by atoms with E-state index in [1.165, 1.54) is 11.8 Å². The lowest BCUT2D eigenvalue weighted by Crippen LogP contribution is -2.33. The molecule has 2 aromatic carbocycles. The molecule has 1 amide bonds. The number of para-hydroxylation sites is 2. The highest BCUT2D eigenvalue weighted by atomic mass is 32.2. The molecule has 0 spiro atoms. The van der Waals surface area contributed by atoms with Crippen LogP contribution in [0.4, 0.5) is 5.69 Å². The molecule has 0 aliphatic carbocycles. The third-order valence-electron chi connectivity index (χ3n) is 5.51. The zero-order chi connectivity index (χ0) is 22.8. The second-order valence-corrected chi connectivity index (χ2v) is 9.58. The first kappa shape index (κ1) is 22.1. The Kier molecular flexibility index (Phi) is 6.32. The zero-order valence-electron chi connectivity index (χ0n) is 18.7. The molecule has 4 rings (SSSR count). The number of carbonyl (C=O) groups is 1. The molecule has 1 atom stereocenters. The van der Waals surface area contributed by atoms with Gasteiger partial charge in [-0.3, -0.25) is 18.6 Å². The van der Waals surface area contributed by atoms with Gasteiger partial charge in [-0.15, -0.1) is 10.2 Å². The van der Waals surface area contributed by atoms with Crippen molar-refractivity contribution in [2.45, 2.75) is 44.1 Å². The topological polar surface area (TPSA) is 72.5 Å². The number of nitrogens with zero attached hydrogens (tertiary/aromatic N) is 5. The SMILES string of the molecule is CC(C)CCn1c(=O)c2ccccc2n2c(SC(C)C(=O)N(C)c3ccccc3)nnc12. The van der Waals surface area contributed by atoms with Gasteiger partial charge in [-0.1, -0.05) is 55.9 Å². The Morgan fingerprint density at radius 2 is 1.72 bits per heavy atom. The second kappa shape index (κ2) is 9.16. The van der Waals surface area contributed by atoms with E-state index in [4.69, 9.17) is 0 Å². The number of aryl methyl sites for hydroxylation is 1. The van der Waals surface area contributed by atoms with Gasteiger partial charge in [-0.2, -0.15) is 0 Å². The maximum atomic E-state index is 13.2. The average molecular weight is 450 g/mol. The third kappa shape index (κ3) is 4.14. The van der Waals surface area contributed by atoms with E-state index in [-0.39, 0.29) is 16.7 Å². The standard InChI is InChI=1S/C24H27N5O2S/c1-16(2)14-15-28-22(31)19-12-8-9-13-20(19)29-23(28)25-26-24(29)32-17(3)21(30)27(4)18-10-6-5-7-11-18/h5-13,16-17H,14-15H2,1-4H3. The van der Waals surface area contributed by atoms with Crippen LogP contribution in [0.3, 0.4) is 0 Å². The van der Waals surface area contributed by atoms with Crippen LogP contribution in [0, 0.1) is 5.92 Å². The number of thioether (sulfide) groups is 1. The van der Waals surface area contributed by atoms with Gasteiger partial charge in [0.15, 0.2) is 5.16 Å². The van der Waals surface area contributed by atoms with Crippen molar-refractivity contribution in [3.8, 4) is 0 Å². The van der Waals surface area contributed by atoms with Gasteiger partial charge >= 0.3 is 0 Å². The van der Waals surface area contributed by atoms with Crippen LogP contribution in [0.1, 0.15) is 27.2 Å². The van der Waals surface area contributed by atoms with Gasteiger partial charge in [0.05, 0.1) is 16.2 Å². The van der Waals surface area contributed by atoms with Gasteiger partial charge in [0.1, 0.15) is 0 Å². The molecule has 1 unspecified atom stereocenters. The minimum absolute atomic E-state index is 0.0321. The molecule has 32 heavy (non-hydrogen) atoms. The van der Waals surface area contributed by atoms with Gasteiger partial charge in [-0.05, 0) is 43.5 Å². The first-order valence-electron chi connectivity index (χ1n) is 10.7. The molecule has 7 nitrogen and oxygen atoms in total. The number of fused-ring (bicyclic) bond motifs is 3. The lowest BCUT2D eigenvalue weighted by molar-refractivity contribution is -0.117. The smallest absolute Gasteiger partial charge is 0.262 e. The number of amides is 1. The summed E-state index contributed by atoms with van der Waals surface area (Å²) in [4.78, 5) is 27.9. The molecule has 0 fully saturated rings.